The molecule has 0 saturated heterocycles. The molecule has 2 aromatic carbocycles. The summed E-state index contributed by atoms with van der Waals surface area (Å²) in [6.45, 7) is 2.52. The zero-order chi connectivity index (χ0) is 16.8. The average Bonchev–Trinajstić information content (AvgIpc) is 2.47. The van der Waals surface area contributed by atoms with Crippen LogP contribution in [0.2, 0.25) is 0 Å². The van der Waals surface area contributed by atoms with E-state index in [0.717, 1.165) is 11.1 Å². The molecule has 5 heteroatoms. The van der Waals surface area contributed by atoms with Gasteiger partial charge in [0.2, 0.25) is 5.91 Å². The highest BCUT2D eigenvalue weighted by molar-refractivity contribution is 5.78. The number of hydrogen-bond donors (Lipinski definition) is 1. The van der Waals surface area contributed by atoms with E-state index in [4.69, 9.17) is 0 Å². The van der Waals surface area contributed by atoms with Crippen LogP contribution in [-0.2, 0) is 11.3 Å². The first-order valence-electron chi connectivity index (χ1n) is 7.42. The van der Waals surface area contributed by atoms with Crippen molar-refractivity contribution in [3.05, 3.63) is 71.3 Å². The molecule has 0 aliphatic heterocycles. The summed E-state index contributed by atoms with van der Waals surface area (Å²) in [6.07, 6.45) is 0. The van der Waals surface area contributed by atoms with Gasteiger partial charge in [-0.3, -0.25) is 9.69 Å². The third-order valence-corrected chi connectivity index (χ3v) is 3.50. The van der Waals surface area contributed by atoms with Gasteiger partial charge in [0, 0.05) is 6.54 Å². The number of rotatable bonds is 6. The Hall–Kier alpha value is -2.27. The summed E-state index contributed by atoms with van der Waals surface area (Å²) >= 11 is 0. The lowest BCUT2D eigenvalue weighted by Crippen LogP contribution is -2.36. The summed E-state index contributed by atoms with van der Waals surface area (Å²) in [4.78, 5) is 13.9. The zero-order valence-corrected chi connectivity index (χ0v) is 13.2. The number of carbonyl (C=O) groups is 1. The van der Waals surface area contributed by atoms with Gasteiger partial charge < -0.3 is 5.32 Å². The highest BCUT2D eigenvalue weighted by atomic mass is 19.1. The lowest BCUT2D eigenvalue weighted by Gasteiger charge is -2.19. The second-order valence-corrected chi connectivity index (χ2v) is 5.64. The predicted octanol–water partition coefficient (Wildman–Crippen LogP) is 3.27. The van der Waals surface area contributed by atoms with Crippen LogP contribution in [0.15, 0.2) is 48.5 Å². The van der Waals surface area contributed by atoms with Crippen LogP contribution in [0, 0.1) is 11.6 Å². The van der Waals surface area contributed by atoms with Crippen LogP contribution in [0.3, 0.4) is 0 Å². The first kappa shape index (κ1) is 17.1. The van der Waals surface area contributed by atoms with Crippen LogP contribution in [0.5, 0.6) is 0 Å². The van der Waals surface area contributed by atoms with Crippen molar-refractivity contribution < 1.29 is 13.6 Å². The Morgan fingerprint density at radius 3 is 2.48 bits per heavy atom. The Kier molecular flexibility index (Phi) is 5.82. The fourth-order valence-electron chi connectivity index (χ4n) is 2.37. The highest BCUT2D eigenvalue weighted by Gasteiger charge is 2.12. The summed E-state index contributed by atoms with van der Waals surface area (Å²) in [5, 5.41) is 2.87. The van der Waals surface area contributed by atoms with Crippen LogP contribution in [0.4, 0.5) is 8.78 Å². The molecule has 1 N–H and O–H groups in total. The number of halogens is 2. The third-order valence-electron chi connectivity index (χ3n) is 3.50. The molecule has 0 aliphatic carbocycles. The molecule has 1 unspecified atom stereocenters. The van der Waals surface area contributed by atoms with Gasteiger partial charge in [-0.05, 0) is 49.4 Å². The molecular weight excluding hydrogens is 298 g/mol. The van der Waals surface area contributed by atoms with Crippen LogP contribution in [0.1, 0.15) is 24.1 Å². The lowest BCUT2D eigenvalue weighted by molar-refractivity contribution is -0.122. The average molecular weight is 318 g/mol. The molecule has 23 heavy (non-hydrogen) atoms. The molecule has 3 nitrogen and oxygen atoms in total. The molecule has 0 bridgehead atoms. The molecule has 2 rings (SSSR count). The van der Waals surface area contributed by atoms with Crippen molar-refractivity contribution in [2.24, 2.45) is 0 Å². The van der Waals surface area contributed by atoms with Gasteiger partial charge >= 0.3 is 0 Å². The largest absolute Gasteiger partial charge is 0.348 e. The highest BCUT2D eigenvalue weighted by Crippen LogP contribution is 2.13. The standard InChI is InChI=1S/C18H20F2N2O/c1-13(15-6-8-16(19)9-7-15)21-18(23)12-22(2)11-14-4-3-5-17(20)10-14/h3-10,13H,11-12H2,1-2H3,(H,21,23). The molecule has 0 fully saturated rings. The number of hydrogen-bond acceptors (Lipinski definition) is 2. The van der Waals surface area contributed by atoms with Gasteiger partial charge in [-0.15, -0.1) is 0 Å². The van der Waals surface area contributed by atoms with Crippen molar-refractivity contribution in [2.75, 3.05) is 13.6 Å². The van der Waals surface area contributed by atoms with E-state index in [-0.39, 0.29) is 30.1 Å². The van der Waals surface area contributed by atoms with Crippen molar-refractivity contribution in [3.63, 3.8) is 0 Å². The molecule has 0 aromatic heterocycles. The monoisotopic (exact) mass is 318 g/mol. The molecule has 2 aromatic rings. The smallest absolute Gasteiger partial charge is 0.234 e. The number of nitrogens with one attached hydrogen (secondary N) is 1. The number of carbonyl (C=O) groups excluding carboxylic acids is 1. The third kappa shape index (κ3) is 5.45. The Balaban J connectivity index is 1.85. The minimum atomic E-state index is -0.304. The molecule has 0 saturated carbocycles. The van der Waals surface area contributed by atoms with Gasteiger partial charge in [-0.2, -0.15) is 0 Å². The van der Waals surface area contributed by atoms with Crippen molar-refractivity contribution >= 4 is 5.91 Å². The summed E-state index contributed by atoms with van der Waals surface area (Å²) in [5.41, 5.74) is 1.65. The summed E-state index contributed by atoms with van der Waals surface area (Å²) in [5.74, 6) is -0.729. The van der Waals surface area contributed by atoms with Gasteiger partial charge in [-0.1, -0.05) is 24.3 Å². The fraction of sp³-hybridized carbons (Fsp3) is 0.278. The van der Waals surface area contributed by atoms with Crippen LogP contribution >= 0.6 is 0 Å². The van der Waals surface area contributed by atoms with Gasteiger partial charge in [0.15, 0.2) is 0 Å². The van der Waals surface area contributed by atoms with Gasteiger partial charge in [-0.25, -0.2) is 8.78 Å². The maximum atomic E-state index is 13.1. The van der Waals surface area contributed by atoms with Crippen LogP contribution in [-0.4, -0.2) is 24.4 Å². The van der Waals surface area contributed by atoms with Crippen molar-refractivity contribution in [2.45, 2.75) is 19.5 Å². The molecule has 0 spiro atoms. The van der Waals surface area contributed by atoms with E-state index in [1.165, 1.54) is 24.3 Å². The quantitative estimate of drug-likeness (QED) is 0.886. The Bertz CT molecular complexity index is 658. The SMILES string of the molecule is CC(NC(=O)CN(C)Cc1cccc(F)c1)c1ccc(F)cc1. The molecule has 122 valence electrons. The number of nitrogens with zero attached hydrogens (tertiary/aromatic N) is 1. The Morgan fingerprint density at radius 2 is 1.83 bits per heavy atom. The van der Waals surface area contributed by atoms with E-state index in [2.05, 4.69) is 5.32 Å². The Morgan fingerprint density at radius 1 is 1.13 bits per heavy atom. The number of benzene rings is 2. The molecule has 1 amide bonds. The summed E-state index contributed by atoms with van der Waals surface area (Å²) < 4.78 is 26.0. The maximum Gasteiger partial charge on any atom is 0.234 e. The van der Waals surface area contributed by atoms with E-state index in [1.807, 2.05) is 17.9 Å². The van der Waals surface area contributed by atoms with Crippen molar-refractivity contribution in [1.82, 2.24) is 10.2 Å². The van der Waals surface area contributed by atoms with E-state index < -0.39 is 0 Å². The van der Waals surface area contributed by atoms with E-state index in [9.17, 15) is 13.6 Å². The topological polar surface area (TPSA) is 32.3 Å². The molecular formula is C18H20F2N2O. The van der Waals surface area contributed by atoms with E-state index in [1.54, 1.807) is 25.2 Å². The first-order valence-corrected chi connectivity index (χ1v) is 7.42. The fourth-order valence-corrected chi connectivity index (χ4v) is 2.37. The van der Waals surface area contributed by atoms with E-state index in [0.29, 0.717) is 6.54 Å². The van der Waals surface area contributed by atoms with E-state index >= 15 is 0 Å². The molecule has 0 heterocycles. The van der Waals surface area contributed by atoms with Crippen LogP contribution in [0.25, 0.3) is 0 Å². The minimum Gasteiger partial charge on any atom is -0.348 e. The second kappa shape index (κ2) is 7.83. The molecule has 0 aliphatic rings. The van der Waals surface area contributed by atoms with Gasteiger partial charge in [0.05, 0.1) is 12.6 Å². The maximum absolute atomic E-state index is 13.1. The number of amides is 1. The number of likely N-dealkylation sites (N-methyl/N-ethyl adjacent to an activating group) is 1. The predicted molar refractivity (Wildman–Crippen MR) is 85.7 cm³/mol. The van der Waals surface area contributed by atoms with Crippen molar-refractivity contribution in [3.8, 4) is 0 Å². The summed E-state index contributed by atoms with van der Waals surface area (Å²) in [7, 11) is 1.80. The summed E-state index contributed by atoms with van der Waals surface area (Å²) in [6, 6.07) is 12.1. The van der Waals surface area contributed by atoms with Gasteiger partial charge in [0.1, 0.15) is 11.6 Å². The molecule has 1 atom stereocenters. The first-order chi connectivity index (χ1) is 10.9. The Labute approximate surface area is 134 Å². The van der Waals surface area contributed by atoms with Gasteiger partial charge in [0.25, 0.3) is 0 Å². The van der Waals surface area contributed by atoms with Crippen LogP contribution < -0.4 is 5.32 Å². The minimum absolute atomic E-state index is 0.138. The molecule has 0 radical (unpaired) electrons. The van der Waals surface area contributed by atoms with Crippen molar-refractivity contribution in [1.29, 1.82) is 0 Å². The second-order valence-electron chi connectivity index (χ2n) is 5.64. The zero-order valence-electron chi connectivity index (χ0n) is 13.2. The lowest BCUT2D eigenvalue weighted by atomic mass is 10.1. The normalized spacial score (nSPS) is 12.2.